The molecule has 3 nitrogen and oxygen atoms in total. The van der Waals surface area contributed by atoms with E-state index < -0.39 is 0 Å². The van der Waals surface area contributed by atoms with E-state index in [0.29, 0.717) is 12.2 Å². The summed E-state index contributed by atoms with van der Waals surface area (Å²) < 4.78 is 4.83. The van der Waals surface area contributed by atoms with Gasteiger partial charge < -0.3 is 22.0 Å². The fourth-order valence-corrected chi connectivity index (χ4v) is 0.922. The molecule has 0 aliphatic rings. The van der Waals surface area contributed by atoms with Crippen LogP contribution in [0.15, 0.2) is 42.5 Å². The molecule has 0 aliphatic heterocycles. The van der Waals surface area contributed by atoms with Gasteiger partial charge in [-0.1, -0.05) is 12.6 Å². The summed E-state index contributed by atoms with van der Waals surface area (Å²) in [5.41, 5.74) is 1.52. The van der Waals surface area contributed by atoms with Crippen LogP contribution in [-0.4, -0.2) is 61.2 Å². The maximum atomic E-state index is 10.8. The largest absolute Gasteiger partial charge is 2.00 e. The molecule has 5 heteroatoms. The Hall–Kier alpha value is -0.684. The molecule has 0 atom stereocenters. The minimum absolute atomic E-state index is 0. The maximum Gasteiger partial charge on any atom is 2.00 e. The fourth-order valence-electron chi connectivity index (χ4n) is 0.922. The van der Waals surface area contributed by atoms with E-state index in [2.05, 4.69) is 13.5 Å². The van der Waals surface area contributed by atoms with E-state index in [1.807, 2.05) is 49.3 Å². The van der Waals surface area contributed by atoms with Crippen LogP contribution < -0.4 is 12.4 Å². The van der Waals surface area contributed by atoms with Gasteiger partial charge in [-0.3, -0.25) is 0 Å². The summed E-state index contributed by atoms with van der Waals surface area (Å²) in [6, 6.07) is 9.87. The summed E-state index contributed by atoms with van der Waals surface area (Å²) in [7, 11) is 3.85. The van der Waals surface area contributed by atoms with E-state index in [4.69, 9.17) is 4.74 Å². The van der Waals surface area contributed by atoms with Gasteiger partial charge in [0.2, 0.25) is 0 Å². The number of benzene rings is 1. The zero-order chi connectivity index (χ0) is 14.0. The van der Waals surface area contributed by atoms with Gasteiger partial charge in [-0.15, -0.1) is 12.1 Å². The van der Waals surface area contributed by atoms with Gasteiger partial charge in [0, 0.05) is 12.1 Å². The van der Waals surface area contributed by atoms with Gasteiger partial charge in [-0.05, 0) is 21.0 Å². The number of ether oxygens (including phenoxy) is 1. The number of likely N-dealkylation sites (N-methyl/N-ethyl adjacent to an activating group) is 1. The van der Waals surface area contributed by atoms with Crippen LogP contribution in [-0.2, 0) is 9.53 Å². The molecule has 0 saturated carbocycles. The molecule has 108 valence electrons. The van der Waals surface area contributed by atoms with Crippen LogP contribution in [0, 0.1) is 6.92 Å². The van der Waals surface area contributed by atoms with E-state index in [9.17, 15) is 4.79 Å². The maximum absolute atomic E-state index is 10.8. The van der Waals surface area contributed by atoms with Crippen molar-refractivity contribution < 1.29 is 21.9 Å². The van der Waals surface area contributed by atoms with E-state index in [-0.39, 0.29) is 41.4 Å². The van der Waals surface area contributed by atoms with Crippen molar-refractivity contribution in [1.82, 2.24) is 4.90 Å². The Bertz CT molecular complexity index is 369. The molecular formula is C15H22ClMgNO2. The van der Waals surface area contributed by atoms with Crippen LogP contribution in [0.5, 0.6) is 0 Å². The summed E-state index contributed by atoms with van der Waals surface area (Å²) in [4.78, 5) is 12.7. The second-order valence-corrected chi connectivity index (χ2v) is 4.21. The normalized spacial score (nSPS) is 8.40. The quantitative estimate of drug-likeness (QED) is 0.314. The number of halogens is 1. The van der Waals surface area contributed by atoms with Crippen LogP contribution in [0.4, 0.5) is 0 Å². The topological polar surface area (TPSA) is 29.5 Å². The van der Waals surface area contributed by atoms with E-state index in [0.717, 1.165) is 12.1 Å². The molecule has 0 heterocycles. The van der Waals surface area contributed by atoms with E-state index >= 15 is 0 Å². The standard InChI is InChI=1S/C8H15NO2.C7H7.ClH.Mg/c1-7(2)8(10)11-6-5-9(3)4;1-7-5-3-2-4-6-7;;/h1,5-6H2,2-4H3;2-6H,1H2;1H;/q;-1;;+2/p-1. The summed E-state index contributed by atoms with van der Waals surface area (Å²) in [5.74, 6) is -0.313. The third kappa shape index (κ3) is 15.4. The average Bonchev–Trinajstić information content (AvgIpc) is 2.30. The van der Waals surface area contributed by atoms with Crippen LogP contribution in [0.2, 0.25) is 0 Å². The number of nitrogens with zero attached hydrogens (tertiary/aromatic N) is 1. The predicted molar refractivity (Wildman–Crippen MR) is 81.0 cm³/mol. The fraction of sp³-hybridized carbons (Fsp3) is 0.333. The van der Waals surface area contributed by atoms with Crippen LogP contribution in [0.3, 0.4) is 0 Å². The van der Waals surface area contributed by atoms with Crippen molar-refractivity contribution in [3.8, 4) is 0 Å². The third-order valence-electron chi connectivity index (χ3n) is 1.96. The first-order valence-electron chi connectivity index (χ1n) is 5.78. The van der Waals surface area contributed by atoms with Crippen molar-refractivity contribution in [3.63, 3.8) is 0 Å². The zero-order valence-corrected chi connectivity index (χ0v) is 14.7. The molecule has 0 N–H and O–H groups in total. The number of hydrogen-bond acceptors (Lipinski definition) is 3. The molecule has 0 saturated heterocycles. The number of rotatable bonds is 4. The molecule has 1 aromatic carbocycles. The molecule has 0 aliphatic carbocycles. The first kappa shape index (κ1) is 24.3. The summed E-state index contributed by atoms with van der Waals surface area (Å²) >= 11 is 0. The number of carbonyl (C=O) groups excluding carboxylic acids is 1. The van der Waals surface area contributed by atoms with Crippen molar-refractivity contribution in [3.05, 3.63) is 55.0 Å². The van der Waals surface area contributed by atoms with Gasteiger partial charge in [-0.25, -0.2) is 4.79 Å². The SMILES string of the molecule is C=C(C)C(=O)OCCN(C)C.[CH2-]c1ccccc1.[Cl-].[Mg+2]. The monoisotopic (exact) mass is 307 g/mol. The summed E-state index contributed by atoms with van der Waals surface area (Å²) in [5, 5.41) is 0. The minimum Gasteiger partial charge on any atom is -1.00 e. The van der Waals surface area contributed by atoms with Crippen molar-refractivity contribution >= 4 is 29.0 Å². The average molecular weight is 308 g/mol. The molecule has 20 heavy (non-hydrogen) atoms. The molecule has 0 radical (unpaired) electrons. The predicted octanol–water partition coefficient (Wildman–Crippen LogP) is -0.841. The van der Waals surface area contributed by atoms with Gasteiger partial charge in [0.25, 0.3) is 0 Å². The van der Waals surface area contributed by atoms with Crippen molar-refractivity contribution in [2.24, 2.45) is 0 Å². The zero-order valence-electron chi connectivity index (χ0n) is 12.6. The van der Waals surface area contributed by atoms with E-state index in [1.54, 1.807) is 6.92 Å². The molecule has 0 fully saturated rings. The first-order valence-corrected chi connectivity index (χ1v) is 5.78. The first-order chi connectivity index (χ1) is 8.43. The van der Waals surface area contributed by atoms with Crippen molar-refractivity contribution in [2.45, 2.75) is 6.92 Å². The van der Waals surface area contributed by atoms with Crippen molar-refractivity contribution in [1.29, 1.82) is 0 Å². The molecule has 0 amide bonds. The van der Waals surface area contributed by atoms with E-state index in [1.165, 1.54) is 0 Å². The number of esters is 1. The van der Waals surface area contributed by atoms with Crippen molar-refractivity contribution in [2.75, 3.05) is 27.2 Å². The molecule has 0 unspecified atom stereocenters. The van der Waals surface area contributed by atoms with Gasteiger partial charge in [0.15, 0.2) is 0 Å². The molecule has 0 spiro atoms. The Morgan fingerprint density at radius 1 is 1.30 bits per heavy atom. The Balaban J connectivity index is -0.000000280. The number of hydrogen-bond donors (Lipinski definition) is 0. The second kappa shape index (κ2) is 14.7. The van der Waals surface area contributed by atoms with Gasteiger partial charge in [-0.2, -0.15) is 24.6 Å². The smallest absolute Gasteiger partial charge is 1.00 e. The molecular weight excluding hydrogens is 286 g/mol. The molecule has 1 aromatic rings. The molecule has 0 aromatic heterocycles. The molecule has 1 rings (SSSR count). The Kier molecular flexibility index (Phi) is 17.9. The summed E-state index contributed by atoms with van der Waals surface area (Å²) in [6.45, 7) is 10.0. The van der Waals surface area contributed by atoms with Crippen LogP contribution in [0.25, 0.3) is 0 Å². The Labute approximate surface area is 144 Å². The van der Waals surface area contributed by atoms with Crippen LogP contribution in [0.1, 0.15) is 12.5 Å². The Morgan fingerprint density at radius 3 is 2.10 bits per heavy atom. The Morgan fingerprint density at radius 2 is 1.80 bits per heavy atom. The number of carbonyl (C=O) groups is 1. The van der Waals surface area contributed by atoms with Crippen LogP contribution >= 0.6 is 0 Å². The second-order valence-electron chi connectivity index (χ2n) is 4.21. The van der Waals surface area contributed by atoms with Gasteiger partial charge in [0.05, 0.1) is 0 Å². The van der Waals surface area contributed by atoms with Gasteiger partial charge in [0.1, 0.15) is 6.61 Å². The van der Waals surface area contributed by atoms with Gasteiger partial charge >= 0.3 is 29.0 Å². The summed E-state index contributed by atoms with van der Waals surface area (Å²) in [6.07, 6.45) is 0. The minimum atomic E-state index is -0.313. The third-order valence-corrected chi connectivity index (χ3v) is 1.96. The molecule has 0 bridgehead atoms.